The maximum absolute atomic E-state index is 8.97. The molecule has 0 aliphatic carbocycles. The fourth-order valence-corrected chi connectivity index (χ4v) is 4.13. The average Bonchev–Trinajstić information content (AvgIpc) is 3.10. The fraction of sp³-hybridized carbons (Fsp3) is 0.333. The molecule has 0 atom stereocenters. The van der Waals surface area contributed by atoms with Gasteiger partial charge in [-0.05, 0) is 62.2 Å². The predicted molar refractivity (Wildman–Crippen MR) is 105 cm³/mol. The number of para-hydroxylation sites is 1. The van der Waals surface area contributed by atoms with E-state index >= 15 is 0 Å². The van der Waals surface area contributed by atoms with Gasteiger partial charge in [0.1, 0.15) is 5.75 Å². The maximum atomic E-state index is 8.97. The molecule has 0 amide bonds. The van der Waals surface area contributed by atoms with Crippen LogP contribution < -0.4 is 4.74 Å². The zero-order chi connectivity index (χ0) is 17.8. The average molecular weight is 363 g/mol. The lowest BCUT2D eigenvalue weighted by Crippen LogP contribution is -2.34. The highest BCUT2D eigenvalue weighted by atomic mass is 32.1. The largest absolute Gasteiger partial charge is 0.431 e. The van der Waals surface area contributed by atoms with Crippen LogP contribution in [0.1, 0.15) is 18.4 Å². The van der Waals surface area contributed by atoms with Gasteiger partial charge in [-0.25, -0.2) is 4.98 Å². The van der Waals surface area contributed by atoms with Crippen molar-refractivity contribution >= 4 is 21.6 Å². The van der Waals surface area contributed by atoms with Gasteiger partial charge in [0.25, 0.3) is 5.19 Å². The number of fused-ring (bicyclic) bond motifs is 1. The molecule has 5 heteroatoms. The van der Waals surface area contributed by atoms with Gasteiger partial charge in [0, 0.05) is 12.5 Å². The molecule has 4 nitrogen and oxygen atoms in total. The summed E-state index contributed by atoms with van der Waals surface area (Å²) in [5, 5.41) is 9.65. The van der Waals surface area contributed by atoms with Crippen molar-refractivity contribution in [2.24, 2.45) is 5.92 Å². The number of hydrogen-bond donors (Lipinski definition) is 0. The van der Waals surface area contributed by atoms with Gasteiger partial charge in [0.15, 0.2) is 0 Å². The molecule has 1 aliphatic rings. The molecular weight excluding hydrogens is 342 g/mol. The molecule has 26 heavy (non-hydrogen) atoms. The van der Waals surface area contributed by atoms with Crippen molar-refractivity contribution < 1.29 is 4.74 Å². The van der Waals surface area contributed by atoms with Gasteiger partial charge in [-0.1, -0.05) is 35.6 Å². The van der Waals surface area contributed by atoms with Crippen LogP contribution >= 0.6 is 11.3 Å². The summed E-state index contributed by atoms with van der Waals surface area (Å²) in [5.74, 6) is 1.08. The van der Waals surface area contributed by atoms with Crippen LogP contribution in [0.4, 0.5) is 0 Å². The van der Waals surface area contributed by atoms with Crippen LogP contribution in [0.3, 0.4) is 0 Å². The van der Waals surface area contributed by atoms with Crippen LogP contribution in [0.2, 0.25) is 0 Å². The highest BCUT2D eigenvalue weighted by Gasteiger charge is 2.18. The number of nitriles is 1. The number of hydrogen-bond acceptors (Lipinski definition) is 5. The van der Waals surface area contributed by atoms with Gasteiger partial charge in [-0.15, -0.1) is 0 Å². The van der Waals surface area contributed by atoms with E-state index in [1.807, 2.05) is 30.3 Å². The lowest BCUT2D eigenvalue weighted by atomic mass is 9.98. The van der Waals surface area contributed by atoms with Crippen molar-refractivity contribution in [3.63, 3.8) is 0 Å². The molecule has 0 N–H and O–H groups in total. The Labute approximate surface area is 157 Å². The highest BCUT2D eigenvalue weighted by molar-refractivity contribution is 7.20. The molecule has 2 heterocycles. The molecule has 1 aromatic heterocycles. The smallest absolute Gasteiger partial charge is 0.279 e. The molecule has 0 spiro atoms. The third kappa shape index (κ3) is 4.04. The molecule has 1 fully saturated rings. The number of piperidine rings is 1. The van der Waals surface area contributed by atoms with Crippen molar-refractivity contribution in [3.05, 3.63) is 54.1 Å². The quantitative estimate of drug-likeness (QED) is 0.649. The Morgan fingerprint density at radius 1 is 1.12 bits per heavy atom. The van der Waals surface area contributed by atoms with E-state index in [1.54, 1.807) is 11.3 Å². The normalized spacial score (nSPS) is 15.8. The first-order valence-electron chi connectivity index (χ1n) is 9.04. The standard InChI is InChI=1S/C21H21N3OS/c22-15-17-10-13-24(14-11-17)12-9-16-5-7-18(8-6-16)25-21-23-19-3-1-2-4-20(19)26-21/h1-8,17H,9-14H2. The molecule has 0 unspecified atom stereocenters. The van der Waals surface area contributed by atoms with Crippen LogP contribution in [0.25, 0.3) is 10.2 Å². The minimum Gasteiger partial charge on any atom is -0.431 e. The molecule has 2 aromatic carbocycles. The Morgan fingerprint density at radius 2 is 1.88 bits per heavy atom. The molecule has 0 bridgehead atoms. The second-order valence-corrected chi connectivity index (χ2v) is 7.68. The summed E-state index contributed by atoms with van der Waals surface area (Å²) in [6.07, 6.45) is 3.04. The maximum Gasteiger partial charge on any atom is 0.279 e. The summed E-state index contributed by atoms with van der Waals surface area (Å²) < 4.78 is 7.04. The van der Waals surface area contributed by atoms with E-state index in [-0.39, 0.29) is 5.92 Å². The lowest BCUT2D eigenvalue weighted by Gasteiger charge is -2.28. The minimum atomic E-state index is 0.255. The van der Waals surface area contributed by atoms with Gasteiger partial charge < -0.3 is 9.64 Å². The second kappa shape index (κ2) is 7.86. The minimum absolute atomic E-state index is 0.255. The van der Waals surface area contributed by atoms with E-state index in [0.29, 0.717) is 5.19 Å². The van der Waals surface area contributed by atoms with Crippen LogP contribution in [-0.2, 0) is 6.42 Å². The first-order valence-corrected chi connectivity index (χ1v) is 9.86. The van der Waals surface area contributed by atoms with E-state index in [9.17, 15) is 0 Å². The predicted octanol–water partition coefficient (Wildman–Crippen LogP) is 4.87. The van der Waals surface area contributed by atoms with E-state index in [4.69, 9.17) is 10.00 Å². The lowest BCUT2D eigenvalue weighted by molar-refractivity contribution is 0.208. The third-order valence-electron chi connectivity index (χ3n) is 4.89. The van der Waals surface area contributed by atoms with Crippen molar-refractivity contribution in [2.45, 2.75) is 19.3 Å². The Kier molecular flexibility index (Phi) is 5.14. The second-order valence-electron chi connectivity index (χ2n) is 6.69. The zero-order valence-electron chi connectivity index (χ0n) is 14.6. The van der Waals surface area contributed by atoms with E-state index in [0.717, 1.165) is 54.9 Å². The van der Waals surface area contributed by atoms with Crippen LogP contribution in [0.5, 0.6) is 10.9 Å². The first-order chi connectivity index (χ1) is 12.8. The number of ether oxygens (including phenoxy) is 1. The van der Waals surface area contributed by atoms with Crippen molar-refractivity contribution in [2.75, 3.05) is 19.6 Å². The van der Waals surface area contributed by atoms with Gasteiger partial charge in [0.2, 0.25) is 0 Å². The summed E-state index contributed by atoms with van der Waals surface area (Å²) in [5.41, 5.74) is 2.29. The molecule has 1 aliphatic heterocycles. The molecule has 3 aromatic rings. The fourth-order valence-electron chi connectivity index (χ4n) is 3.29. The number of thiazole rings is 1. The van der Waals surface area contributed by atoms with Crippen LogP contribution in [0.15, 0.2) is 48.5 Å². The van der Waals surface area contributed by atoms with Crippen molar-refractivity contribution in [1.29, 1.82) is 5.26 Å². The van der Waals surface area contributed by atoms with E-state index in [1.165, 1.54) is 5.56 Å². The number of aromatic nitrogens is 1. The SMILES string of the molecule is N#CC1CCN(CCc2ccc(Oc3nc4ccccc4s3)cc2)CC1. The molecular formula is C21H21N3OS. The summed E-state index contributed by atoms with van der Waals surface area (Å²) in [4.78, 5) is 6.97. The Bertz CT molecular complexity index is 872. The van der Waals surface area contributed by atoms with E-state index < -0.39 is 0 Å². The van der Waals surface area contributed by atoms with Crippen LogP contribution in [-0.4, -0.2) is 29.5 Å². The van der Waals surface area contributed by atoms with Crippen LogP contribution in [0, 0.1) is 17.2 Å². The molecule has 0 radical (unpaired) electrons. The summed E-state index contributed by atoms with van der Waals surface area (Å²) >= 11 is 1.56. The number of likely N-dealkylation sites (tertiary alicyclic amines) is 1. The Hall–Kier alpha value is -2.42. The molecule has 0 saturated carbocycles. The summed E-state index contributed by atoms with van der Waals surface area (Å²) in [7, 11) is 0. The Morgan fingerprint density at radius 3 is 2.62 bits per heavy atom. The summed E-state index contributed by atoms with van der Waals surface area (Å²) in [6, 6.07) is 18.7. The Balaban J connectivity index is 1.31. The summed E-state index contributed by atoms with van der Waals surface area (Å²) in [6.45, 7) is 3.13. The van der Waals surface area contributed by atoms with Gasteiger partial charge >= 0.3 is 0 Å². The molecule has 132 valence electrons. The number of rotatable bonds is 5. The topological polar surface area (TPSA) is 49.2 Å². The van der Waals surface area contributed by atoms with Gasteiger partial charge in [0.05, 0.1) is 16.3 Å². The van der Waals surface area contributed by atoms with Crippen molar-refractivity contribution in [1.82, 2.24) is 9.88 Å². The van der Waals surface area contributed by atoms with Gasteiger partial charge in [-0.2, -0.15) is 5.26 Å². The third-order valence-corrected chi connectivity index (χ3v) is 5.80. The highest BCUT2D eigenvalue weighted by Crippen LogP contribution is 2.31. The first kappa shape index (κ1) is 17.0. The monoisotopic (exact) mass is 363 g/mol. The molecule has 1 saturated heterocycles. The van der Waals surface area contributed by atoms with E-state index in [2.05, 4.69) is 34.2 Å². The number of nitrogens with zero attached hydrogens (tertiary/aromatic N) is 3. The molecule has 4 rings (SSSR count). The van der Waals surface area contributed by atoms with Crippen molar-refractivity contribution in [3.8, 4) is 17.0 Å². The zero-order valence-corrected chi connectivity index (χ0v) is 15.4. The number of benzene rings is 2. The van der Waals surface area contributed by atoms with Gasteiger partial charge in [-0.3, -0.25) is 0 Å².